The molecular formula is C24H24Cl2N2O6. The van der Waals surface area contributed by atoms with Crippen molar-refractivity contribution in [1.82, 2.24) is 4.90 Å². The largest absolute Gasteiger partial charge is 0.454 e. The van der Waals surface area contributed by atoms with E-state index in [1.807, 2.05) is 6.92 Å². The van der Waals surface area contributed by atoms with Crippen molar-refractivity contribution in [2.24, 2.45) is 0 Å². The molecule has 0 bridgehead atoms. The van der Waals surface area contributed by atoms with E-state index in [9.17, 15) is 19.2 Å². The van der Waals surface area contributed by atoms with Crippen molar-refractivity contribution in [1.29, 1.82) is 0 Å². The summed E-state index contributed by atoms with van der Waals surface area (Å²) in [4.78, 5) is 51.0. The Balaban J connectivity index is 1.50. The van der Waals surface area contributed by atoms with Gasteiger partial charge in [-0.15, -0.1) is 0 Å². The van der Waals surface area contributed by atoms with Crippen LogP contribution in [0.25, 0.3) is 0 Å². The molecule has 2 amide bonds. The molecular weight excluding hydrogens is 483 g/mol. The number of ether oxygens (including phenoxy) is 2. The van der Waals surface area contributed by atoms with E-state index in [1.54, 1.807) is 4.90 Å². The van der Waals surface area contributed by atoms with Crippen LogP contribution in [0.2, 0.25) is 10.0 Å². The van der Waals surface area contributed by atoms with Gasteiger partial charge in [0.2, 0.25) is 11.7 Å². The lowest BCUT2D eigenvalue weighted by Gasteiger charge is -2.32. The molecule has 0 aromatic heterocycles. The number of morpholine rings is 1. The number of carbonyl (C=O) groups excluding carboxylic acids is 4. The van der Waals surface area contributed by atoms with Crippen molar-refractivity contribution in [3.63, 3.8) is 0 Å². The number of hydrogen-bond donors (Lipinski definition) is 1. The summed E-state index contributed by atoms with van der Waals surface area (Å²) >= 11 is 11.8. The Morgan fingerprint density at radius 1 is 1.15 bits per heavy atom. The Labute approximate surface area is 207 Å². The predicted octanol–water partition coefficient (Wildman–Crippen LogP) is 4.00. The average molecular weight is 507 g/mol. The Morgan fingerprint density at radius 2 is 1.88 bits per heavy atom. The van der Waals surface area contributed by atoms with Crippen molar-refractivity contribution >= 4 is 52.5 Å². The molecule has 1 fully saturated rings. The molecule has 10 heteroatoms. The molecule has 0 saturated carbocycles. The molecule has 1 aliphatic heterocycles. The van der Waals surface area contributed by atoms with E-state index < -0.39 is 24.5 Å². The van der Waals surface area contributed by atoms with Crippen LogP contribution in [0.5, 0.6) is 0 Å². The molecule has 8 nitrogen and oxygen atoms in total. The molecule has 1 unspecified atom stereocenters. The number of anilines is 1. The van der Waals surface area contributed by atoms with Gasteiger partial charge in [-0.05, 0) is 48.9 Å². The molecule has 1 saturated heterocycles. The first-order valence-corrected chi connectivity index (χ1v) is 11.5. The molecule has 1 heterocycles. The van der Waals surface area contributed by atoms with Gasteiger partial charge in [0.25, 0.3) is 5.91 Å². The van der Waals surface area contributed by atoms with Crippen molar-refractivity contribution in [3.05, 3.63) is 63.6 Å². The van der Waals surface area contributed by atoms with Gasteiger partial charge >= 0.3 is 5.97 Å². The van der Waals surface area contributed by atoms with Gasteiger partial charge < -0.3 is 19.7 Å². The summed E-state index contributed by atoms with van der Waals surface area (Å²) in [7, 11) is 0. The molecule has 1 N–H and O–H groups in total. The molecule has 34 heavy (non-hydrogen) atoms. The maximum atomic E-state index is 12.4. The first kappa shape index (κ1) is 25.7. The van der Waals surface area contributed by atoms with Crippen LogP contribution in [0.3, 0.4) is 0 Å². The lowest BCUT2D eigenvalue weighted by atomic mass is 10.1. The van der Waals surface area contributed by atoms with E-state index >= 15 is 0 Å². The number of benzene rings is 2. The SMILES string of the molecule is CCCN1CCOC(CC(=O)Nc2ccc(C(=O)OCC(=O)c3ccc(Cl)cc3Cl)cc2)C1=O. The summed E-state index contributed by atoms with van der Waals surface area (Å²) in [5, 5.41) is 3.25. The van der Waals surface area contributed by atoms with Crippen LogP contribution in [0.15, 0.2) is 42.5 Å². The fraction of sp³-hybridized carbons (Fsp3) is 0.333. The van der Waals surface area contributed by atoms with Crippen LogP contribution in [-0.4, -0.2) is 60.9 Å². The number of amides is 2. The number of ketones is 1. The molecule has 0 radical (unpaired) electrons. The maximum Gasteiger partial charge on any atom is 0.338 e. The Bertz CT molecular complexity index is 1070. The highest BCUT2D eigenvalue weighted by molar-refractivity contribution is 6.36. The zero-order chi connectivity index (χ0) is 24.7. The van der Waals surface area contributed by atoms with Crippen LogP contribution in [0.1, 0.15) is 40.5 Å². The third kappa shape index (κ3) is 6.79. The quantitative estimate of drug-likeness (QED) is 0.407. The zero-order valence-corrected chi connectivity index (χ0v) is 20.0. The van der Waals surface area contributed by atoms with Crippen LogP contribution in [0, 0.1) is 0 Å². The highest BCUT2D eigenvalue weighted by atomic mass is 35.5. The summed E-state index contributed by atoms with van der Waals surface area (Å²) in [5.41, 5.74) is 0.850. The minimum atomic E-state index is -0.804. The fourth-order valence-corrected chi connectivity index (χ4v) is 3.92. The first-order valence-electron chi connectivity index (χ1n) is 10.7. The van der Waals surface area contributed by atoms with E-state index in [2.05, 4.69) is 5.32 Å². The molecule has 3 rings (SSSR count). The van der Waals surface area contributed by atoms with Crippen molar-refractivity contribution in [2.75, 3.05) is 31.6 Å². The van der Waals surface area contributed by atoms with Crippen LogP contribution < -0.4 is 5.32 Å². The third-order valence-electron chi connectivity index (χ3n) is 5.10. The molecule has 2 aromatic carbocycles. The van der Waals surface area contributed by atoms with Crippen molar-refractivity contribution in [2.45, 2.75) is 25.9 Å². The van der Waals surface area contributed by atoms with Gasteiger partial charge in [0.05, 0.1) is 23.6 Å². The minimum Gasteiger partial charge on any atom is -0.454 e. The Morgan fingerprint density at radius 3 is 2.56 bits per heavy atom. The minimum absolute atomic E-state index is 0.0990. The van der Waals surface area contributed by atoms with Gasteiger partial charge in [-0.25, -0.2) is 4.79 Å². The Hall–Kier alpha value is -2.94. The predicted molar refractivity (Wildman–Crippen MR) is 127 cm³/mol. The first-order chi connectivity index (χ1) is 16.3. The van der Waals surface area contributed by atoms with Gasteiger partial charge in [0, 0.05) is 29.4 Å². The second-order valence-corrected chi connectivity index (χ2v) is 8.48. The number of esters is 1. The third-order valence-corrected chi connectivity index (χ3v) is 5.65. The number of rotatable bonds is 9. The van der Waals surface area contributed by atoms with Gasteiger partial charge in [-0.3, -0.25) is 14.4 Å². The molecule has 1 aliphatic rings. The standard InChI is InChI=1S/C24H24Cl2N2O6/c1-2-9-28-10-11-33-21(23(28)31)13-22(30)27-17-6-3-15(4-7-17)24(32)34-14-20(29)18-8-5-16(25)12-19(18)26/h3-8,12,21H,2,9-11,13-14H2,1H3,(H,27,30). The van der Waals surface area contributed by atoms with Crippen LogP contribution >= 0.6 is 23.2 Å². The summed E-state index contributed by atoms with van der Waals surface area (Å²) < 4.78 is 10.5. The van der Waals surface area contributed by atoms with Crippen molar-refractivity contribution < 1.29 is 28.7 Å². The highest BCUT2D eigenvalue weighted by Crippen LogP contribution is 2.21. The number of hydrogen-bond acceptors (Lipinski definition) is 6. The molecule has 0 spiro atoms. The summed E-state index contributed by atoms with van der Waals surface area (Å²) in [5.74, 6) is -1.72. The number of halogens is 2. The van der Waals surface area contributed by atoms with Crippen LogP contribution in [-0.2, 0) is 19.1 Å². The summed E-state index contributed by atoms with van der Waals surface area (Å²) in [6.45, 7) is 3.06. The molecule has 1 atom stereocenters. The monoisotopic (exact) mass is 506 g/mol. The topological polar surface area (TPSA) is 102 Å². The average Bonchev–Trinajstić information content (AvgIpc) is 2.80. The molecule has 180 valence electrons. The fourth-order valence-electron chi connectivity index (χ4n) is 3.41. The van der Waals surface area contributed by atoms with E-state index in [0.717, 1.165) is 6.42 Å². The van der Waals surface area contributed by atoms with E-state index in [1.165, 1.54) is 42.5 Å². The van der Waals surface area contributed by atoms with E-state index in [4.69, 9.17) is 32.7 Å². The van der Waals surface area contributed by atoms with E-state index in [0.29, 0.717) is 30.4 Å². The summed E-state index contributed by atoms with van der Waals surface area (Å²) in [6, 6.07) is 10.4. The number of nitrogens with zero attached hydrogens (tertiary/aromatic N) is 1. The normalized spacial score (nSPS) is 15.7. The number of Topliss-reactive ketones (excluding diaryl/α,β-unsaturated/α-hetero) is 1. The van der Waals surface area contributed by atoms with Gasteiger partial charge in [-0.2, -0.15) is 0 Å². The highest BCUT2D eigenvalue weighted by Gasteiger charge is 2.30. The van der Waals surface area contributed by atoms with Gasteiger partial charge in [-0.1, -0.05) is 30.1 Å². The second kappa shape index (κ2) is 12.0. The number of nitrogens with one attached hydrogen (secondary N) is 1. The van der Waals surface area contributed by atoms with Gasteiger partial charge in [0.15, 0.2) is 6.61 Å². The lowest BCUT2D eigenvalue weighted by molar-refractivity contribution is -0.155. The van der Waals surface area contributed by atoms with Crippen molar-refractivity contribution in [3.8, 4) is 0 Å². The summed E-state index contributed by atoms with van der Waals surface area (Å²) in [6.07, 6.45) is -0.0676. The Kier molecular flexibility index (Phi) is 9.04. The molecule has 0 aliphatic carbocycles. The van der Waals surface area contributed by atoms with Crippen LogP contribution in [0.4, 0.5) is 5.69 Å². The van der Waals surface area contributed by atoms with E-state index in [-0.39, 0.29) is 34.4 Å². The second-order valence-electron chi connectivity index (χ2n) is 7.64. The number of carbonyl (C=O) groups is 4. The zero-order valence-electron chi connectivity index (χ0n) is 18.5. The maximum absolute atomic E-state index is 12.4. The molecule has 2 aromatic rings. The van der Waals surface area contributed by atoms with Gasteiger partial charge in [0.1, 0.15) is 6.10 Å². The smallest absolute Gasteiger partial charge is 0.338 e. The lowest BCUT2D eigenvalue weighted by Crippen LogP contribution is -2.49.